The molecule has 3 aromatic rings. The number of carbonyl (C=O) groups is 1. The molecule has 0 aliphatic rings. The van der Waals surface area contributed by atoms with Gasteiger partial charge in [0.15, 0.2) is 0 Å². The number of hydrogen-bond acceptors (Lipinski definition) is 4. The molecule has 1 amide bonds. The highest BCUT2D eigenvalue weighted by Gasteiger charge is 2.12. The molecule has 6 nitrogen and oxygen atoms in total. The highest BCUT2D eigenvalue weighted by atomic mass is 16.2. The highest BCUT2D eigenvalue weighted by Crippen LogP contribution is 2.15. The summed E-state index contributed by atoms with van der Waals surface area (Å²) in [5.74, 6) is -0.0122. The summed E-state index contributed by atoms with van der Waals surface area (Å²) in [5, 5.41) is 4.08. The summed E-state index contributed by atoms with van der Waals surface area (Å²) in [5.41, 5.74) is 3.76. The molecule has 0 N–H and O–H groups in total. The van der Waals surface area contributed by atoms with Crippen molar-refractivity contribution in [3.8, 4) is 5.69 Å². The van der Waals surface area contributed by atoms with Crippen molar-refractivity contribution >= 4 is 11.6 Å². The van der Waals surface area contributed by atoms with Crippen LogP contribution in [0.1, 0.15) is 15.9 Å². The normalized spacial score (nSPS) is 10.5. The highest BCUT2D eigenvalue weighted by molar-refractivity contribution is 5.94. The average molecular weight is 335 g/mol. The first-order valence-corrected chi connectivity index (χ1v) is 8.01. The van der Waals surface area contributed by atoms with Gasteiger partial charge in [-0.3, -0.25) is 4.79 Å². The van der Waals surface area contributed by atoms with E-state index in [4.69, 9.17) is 0 Å². The van der Waals surface area contributed by atoms with E-state index < -0.39 is 0 Å². The molecule has 6 heteroatoms. The SMILES string of the molecule is CN(Cc1ccc(N(C)C)cc1)C(=O)c1ccc(-n2cncn2)cc1. The van der Waals surface area contributed by atoms with Crippen LogP contribution >= 0.6 is 0 Å². The van der Waals surface area contributed by atoms with Crippen LogP contribution in [-0.4, -0.2) is 46.7 Å². The van der Waals surface area contributed by atoms with Crippen molar-refractivity contribution in [2.45, 2.75) is 6.54 Å². The third kappa shape index (κ3) is 3.85. The van der Waals surface area contributed by atoms with Gasteiger partial charge in [0.25, 0.3) is 5.91 Å². The van der Waals surface area contributed by atoms with Crippen LogP contribution in [0.2, 0.25) is 0 Å². The Balaban J connectivity index is 1.67. The molecule has 0 bridgehead atoms. The molecule has 25 heavy (non-hydrogen) atoms. The smallest absolute Gasteiger partial charge is 0.253 e. The maximum atomic E-state index is 12.6. The average Bonchev–Trinajstić information content (AvgIpc) is 3.16. The van der Waals surface area contributed by atoms with E-state index in [2.05, 4.69) is 27.1 Å². The molecule has 0 fully saturated rings. The van der Waals surface area contributed by atoms with E-state index >= 15 is 0 Å². The Morgan fingerprint density at radius 2 is 1.68 bits per heavy atom. The van der Waals surface area contributed by atoms with Gasteiger partial charge in [-0.2, -0.15) is 5.10 Å². The summed E-state index contributed by atoms with van der Waals surface area (Å²) in [6, 6.07) is 15.6. The third-order valence-electron chi connectivity index (χ3n) is 4.02. The fraction of sp³-hybridized carbons (Fsp3) is 0.211. The number of aromatic nitrogens is 3. The van der Waals surface area contributed by atoms with Crippen LogP contribution in [-0.2, 0) is 6.54 Å². The Kier molecular flexibility index (Phi) is 4.79. The second-order valence-electron chi connectivity index (χ2n) is 6.11. The third-order valence-corrected chi connectivity index (χ3v) is 4.02. The molecule has 0 saturated heterocycles. The summed E-state index contributed by atoms with van der Waals surface area (Å²) in [7, 11) is 5.83. The number of hydrogen-bond donors (Lipinski definition) is 0. The maximum Gasteiger partial charge on any atom is 0.253 e. The zero-order valence-corrected chi connectivity index (χ0v) is 14.6. The predicted molar refractivity (Wildman–Crippen MR) is 97.9 cm³/mol. The molecule has 0 atom stereocenters. The molecular formula is C19H21N5O. The van der Waals surface area contributed by atoms with Gasteiger partial charge in [0.1, 0.15) is 12.7 Å². The zero-order valence-electron chi connectivity index (χ0n) is 14.6. The lowest BCUT2D eigenvalue weighted by molar-refractivity contribution is 0.0785. The molecule has 0 aliphatic heterocycles. The van der Waals surface area contributed by atoms with Gasteiger partial charge in [0.2, 0.25) is 0 Å². The van der Waals surface area contributed by atoms with E-state index in [0.29, 0.717) is 12.1 Å². The minimum Gasteiger partial charge on any atom is -0.378 e. The van der Waals surface area contributed by atoms with Gasteiger partial charge in [-0.1, -0.05) is 12.1 Å². The minimum atomic E-state index is -0.0122. The van der Waals surface area contributed by atoms with Crippen LogP contribution in [0.25, 0.3) is 5.69 Å². The van der Waals surface area contributed by atoms with Crippen molar-refractivity contribution in [1.29, 1.82) is 0 Å². The van der Waals surface area contributed by atoms with E-state index in [-0.39, 0.29) is 5.91 Å². The molecule has 0 saturated carbocycles. The molecule has 3 rings (SSSR count). The predicted octanol–water partition coefficient (Wildman–Crippen LogP) is 2.61. The van der Waals surface area contributed by atoms with Gasteiger partial charge >= 0.3 is 0 Å². The van der Waals surface area contributed by atoms with Crippen molar-refractivity contribution in [1.82, 2.24) is 19.7 Å². The van der Waals surface area contributed by atoms with Gasteiger partial charge in [0, 0.05) is 38.9 Å². The van der Waals surface area contributed by atoms with Crippen LogP contribution in [0.5, 0.6) is 0 Å². The summed E-state index contributed by atoms with van der Waals surface area (Å²) in [6.45, 7) is 0.567. The van der Waals surface area contributed by atoms with Crippen molar-refractivity contribution < 1.29 is 4.79 Å². The standard InChI is InChI=1S/C19H21N5O/c1-22(2)17-8-4-15(5-9-17)12-23(3)19(25)16-6-10-18(11-7-16)24-14-20-13-21-24/h4-11,13-14H,12H2,1-3H3. The molecule has 0 radical (unpaired) electrons. The van der Waals surface area contributed by atoms with Crippen LogP contribution in [0.15, 0.2) is 61.2 Å². The quantitative estimate of drug-likeness (QED) is 0.719. The van der Waals surface area contributed by atoms with Crippen molar-refractivity contribution in [3.63, 3.8) is 0 Å². The Morgan fingerprint density at radius 1 is 1.00 bits per heavy atom. The monoisotopic (exact) mass is 335 g/mol. The van der Waals surface area contributed by atoms with Crippen molar-refractivity contribution in [2.75, 3.05) is 26.0 Å². The molecule has 0 unspecified atom stereocenters. The fourth-order valence-corrected chi connectivity index (χ4v) is 2.56. The second-order valence-corrected chi connectivity index (χ2v) is 6.11. The van der Waals surface area contributed by atoms with Crippen LogP contribution < -0.4 is 4.90 Å². The number of amides is 1. The summed E-state index contributed by atoms with van der Waals surface area (Å²) < 4.78 is 1.66. The van der Waals surface area contributed by atoms with Gasteiger partial charge < -0.3 is 9.80 Å². The van der Waals surface area contributed by atoms with E-state index in [1.54, 1.807) is 15.9 Å². The van der Waals surface area contributed by atoms with Gasteiger partial charge in [-0.15, -0.1) is 0 Å². The first-order chi connectivity index (χ1) is 12.0. The van der Waals surface area contributed by atoms with Gasteiger partial charge in [-0.25, -0.2) is 9.67 Å². The van der Waals surface area contributed by atoms with Crippen molar-refractivity contribution in [2.24, 2.45) is 0 Å². The summed E-state index contributed by atoms with van der Waals surface area (Å²) in [4.78, 5) is 20.3. The lowest BCUT2D eigenvalue weighted by atomic mass is 10.1. The van der Waals surface area contributed by atoms with Crippen LogP contribution in [0, 0.1) is 0 Å². The molecule has 0 aliphatic carbocycles. The van der Waals surface area contributed by atoms with Gasteiger partial charge in [0.05, 0.1) is 5.69 Å². The van der Waals surface area contributed by atoms with E-state index in [9.17, 15) is 4.79 Å². The Morgan fingerprint density at radius 3 is 2.24 bits per heavy atom. The number of rotatable bonds is 5. The lowest BCUT2D eigenvalue weighted by Crippen LogP contribution is -2.26. The Bertz CT molecular complexity index is 823. The van der Waals surface area contributed by atoms with E-state index in [1.165, 1.54) is 6.33 Å². The number of nitrogens with zero attached hydrogens (tertiary/aromatic N) is 5. The minimum absolute atomic E-state index is 0.0122. The second kappa shape index (κ2) is 7.17. The Labute approximate surface area is 147 Å². The first-order valence-electron chi connectivity index (χ1n) is 8.01. The number of anilines is 1. The molecule has 1 heterocycles. The van der Waals surface area contributed by atoms with Gasteiger partial charge in [-0.05, 0) is 42.0 Å². The molecular weight excluding hydrogens is 314 g/mol. The fourth-order valence-electron chi connectivity index (χ4n) is 2.56. The zero-order chi connectivity index (χ0) is 17.8. The molecule has 2 aromatic carbocycles. The summed E-state index contributed by atoms with van der Waals surface area (Å²) >= 11 is 0. The molecule has 0 spiro atoms. The van der Waals surface area contributed by atoms with Crippen molar-refractivity contribution in [3.05, 3.63) is 72.3 Å². The van der Waals surface area contributed by atoms with Crippen LogP contribution in [0.4, 0.5) is 5.69 Å². The Hall–Kier alpha value is -3.15. The van der Waals surface area contributed by atoms with E-state index in [1.807, 2.05) is 57.5 Å². The maximum absolute atomic E-state index is 12.6. The van der Waals surface area contributed by atoms with Crippen LogP contribution in [0.3, 0.4) is 0 Å². The topological polar surface area (TPSA) is 54.3 Å². The molecule has 128 valence electrons. The van der Waals surface area contributed by atoms with E-state index in [0.717, 1.165) is 16.9 Å². The first kappa shape index (κ1) is 16.7. The number of benzene rings is 2. The largest absolute Gasteiger partial charge is 0.378 e. The lowest BCUT2D eigenvalue weighted by Gasteiger charge is -2.18. The molecule has 1 aromatic heterocycles. The number of carbonyl (C=O) groups excluding carboxylic acids is 1. The summed E-state index contributed by atoms with van der Waals surface area (Å²) in [6.07, 6.45) is 3.11.